The SMILES string of the molecule is O=C(O)C(=O)C1CC1C(=O)O.O=C(O)C(=O)C1CC1C(=O)O. The molecule has 2 fully saturated rings. The van der Waals surface area contributed by atoms with Gasteiger partial charge in [-0.25, -0.2) is 9.59 Å². The first kappa shape index (κ1) is 17.3. The zero-order valence-corrected chi connectivity index (χ0v) is 11.0. The largest absolute Gasteiger partial charge is 0.481 e. The van der Waals surface area contributed by atoms with E-state index in [1.165, 1.54) is 0 Å². The van der Waals surface area contributed by atoms with Crippen LogP contribution in [0.4, 0.5) is 0 Å². The summed E-state index contributed by atoms with van der Waals surface area (Å²) in [6, 6.07) is 0. The number of carbonyl (C=O) groups excluding carboxylic acids is 2. The van der Waals surface area contributed by atoms with E-state index in [1.54, 1.807) is 0 Å². The van der Waals surface area contributed by atoms with Gasteiger partial charge in [-0.2, -0.15) is 0 Å². The standard InChI is InChI=1S/2C6H6O5/c2*7-4(6(10)11)2-1-3(2)5(8)9/h2*2-3H,1H2,(H,8,9)(H,10,11). The number of carboxylic acids is 4. The second-order valence-corrected chi connectivity index (χ2v) is 4.91. The fourth-order valence-corrected chi connectivity index (χ4v) is 1.83. The Morgan fingerprint density at radius 1 is 0.545 bits per heavy atom. The minimum atomic E-state index is -1.54. The molecule has 2 rings (SSSR count). The molecule has 0 spiro atoms. The van der Waals surface area contributed by atoms with Crippen LogP contribution < -0.4 is 0 Å². The molecule has 0 amide bonds. The summed E-state index contributed by atoms with van der Waals surface area (Å²) in [5.74, 6) is -10.4. The number of hydrogen-bond acceptors (Lipinski definition) is 6. The lowest BCUT2D eigenvalue weighted by Gasteiger charge is -1.88. The molecular formula is C12H12O10. The van der Waals surface area contributed by atoms with Crippen molar-refractivity contribution in [2.24, 2.45) is 23.7 Å². The van der Waals surface area contributed by atoms with Gasteiger partial charge >= 0.3 is 23.9 Å². The number of carboxylic acid groups (broad SMARTS) is 4. The van der Waals surface area contributed by atoms with Crippen LogP contribution in [0.5, 0.6) is 0 Å². The molecule has 0 saturated heterocycles. The molecule has 0 radical (unpaired) electrons. The first-order valence-corrected chi connectivity index (χ1v) is 6.07. The summed E-state index contributed by atoms with van der Waals surface area (Å²) >= 11 is 0. The second kappa shape index (κ2) is 6.33. The molecular weight excluding hydrogens is 304 g/mol. The van der Waals surface area contributed by atoms with Gasteiger partial charge < -0.3 is 20.4 Å². The normalized spacial score (nSPS) is 27.6. The minimum absolute atomic E-state index is 0.167. The lowest BCUT2D eigenvalue weighted by Crippen LogP contribution is -2.17. The Kier molecular flexibility index (Phi) is 4.97. The summed E-state index contributed by atoms with van der Waals surface area (Å²) < 4.78 is 0. The van der Waals surface area contributed by atoms with Gasteiger partial charge in [0, 0.05) is 11.8 Å². The van der Waals surface area contributed by atoms with Crippen molar-refractivity contribution in [1.29, 1.82) is 0 Å². The monoisotopic (exact) mass is 316 g/mol. The minimum Gasteiger partial charge on any atom is -0.481 e. The molecule has 2 aliphatic rings. The molecule has 0 aromatic heterocycles. The van der Waals surface area contributed by atoms with Gasteiger partial charge in [0.1, 0.15) is 0 Å². The predicted octanol–water partition coefficient (Wildman–Crippen LogP) is -1.28. The van der Waals surface area contributed by atoms with Crippen molar-refractivity contribution in [3.05, 3.63) is 0 Å². The summed E-state index contributed by atoms with van der Waals surface area (Å²) in [5.41, 5.74) is 0. The molecule has 2 aliphatic carbocycles. The number of hydrogen-bond donors (Lipinski definition) is 4. The van der Waals surface area contributed by atoms with Gasteiger partial charge in [0.05, 0.1) is 11.8 Å². The van der Waals surface area contributed by atoms with E-state index in [0.29, 0.717) is 0 Å². The molecule has 4 N–H and O–H groups in total. The van der Waals surface area contributed by atoms with Crippen LogP contribution in [-0.4, -0.2) is 55.9 Å². The molecule has 10 heteroatoms. The fourth-order valence-electron chi connectivity index (χ4n) is 1.83. The Labute approximate surface area is 122 Å². The van der Waals surface area contributed by atoms with E-state index in [-0.39, 0.29) is 12.8 Å². The zero-order chi connectivity index (χ0) is 17.2. The topological polar surface area (TPSA) is 183 Å². The van der Waals surface area contributed by atoms with Gasteiger partial charge in [-0.1, -0.05) is 0 Å². The summed E-state index contributed by atoms with van der Waals surface area (Å²) in [6.45, 7) is 0. The lowest BCUT2D eigenvalue weighted by atomic mass is 10.2. The average Bonchev–Trinajstić information content (AvgIpc) is 3.27. The Morgan fingerprint density at radius 3 is 0.955 bits per heavy atom. The molecule has 0 aromatic rings. The number of ketones is 2. The Morgan fingerprint density at radius 2 is 0.818 bits per heavy atom. The second-order valence-electron chi connectivity index (χ2n) is 4.91. The number of aliphatic carboxylic acids is 4. The maximum Gasteiger partial charge on any atom is 0.372 e. The maximum absolute atomic E-state index is 10.6. The average molecular weight is 316 g/mol. The van der Waals surface area contributed by atoms with Crippen LogP contribution in [0.2, 0.25) is 0 Å². The molecule has 4 unspecified atom stereocenters. The van der Waals surface area contributed by atoms with Crippen molar-refractivity contribution in [2.75, 3.05) is 0 Å². The summed E-state index contributed by atoms with van der Waals surface area (Å²) in [6.07, 6.45) is 0.334. The number of rotatable bonds is 6. The quantitative estimate of drug-likeness (QED) is 0.430. The zero-order valence-electron chi connectivity index (χ0n) is 11.0. The highest BCUT2D eigenvalue weighted by atomic mass is 16.4. The highest BCUT2D eigenvalue weighted by molar-refractivity contribution is 6.35. The van der Waals surface area contributed by atoms with Crippen LogP contribution >= 0.6 is 0 Å². The van der Waals surface area contributed by atoms with Crippen molar-refractivity contribution >= 4 is 35.4 Å². The van der Waals surface area contributed by atoms with E-state index in [2.05, 4.69) is 0 Å². The van der Waals surface area contributed by atoms with E-state index in [1.807, 2.05) is 0 Å². The van der Waals surface area contributed by atoms with Crippen molar-refractivity contribution in [3.63, 3.8) is 0 Å². The molecule has 0 aliphatic heterocycles. The predicted molar refractivity (Wildman–Crippen MR) is 63.8 cm³/mol. The first-order valence-electron chi connectivity index (χ1n) is 6.07. The van der Waals surface area contributed by atoms with Crippen molar-refractivity contribution in [2.45, 2.75) is 12.8 Å². The summed E-state index contributed by atoms with van der Waals surface area (Å²) in [7, 11) is 0. The van der Waals surface area contributed by atoms with Gasteiger partial charge in [0.2, 0.25) is 11.6 Å². The molecule has 0 bridgehead atoms. The highest BCUT2D eigenvalue weighted by Crippen LogP contribution is 2.39. The van der Waals surface area contributed by atoms with Gasteiger partial charge in [0.15, 0.2) is 0 Å². The molecule has 120 valence electrons. The number of carbonyl (C=O) groups is 6. The van der Waals surface area contributed by atoms with Crippen molar-refractivity contribution in [1.82, 2.24) is 0 Å². The van der Waals surface area contributed by atoms with Crippen LogP contribution in [0.3, 0.4) is 0 Å². The molecule has 22 heavy (non-hydrogen) atoms. The molecule has 10 nitrogen and oxygen atoms in total. The van der Waals surface area contributed by atoms with E-state index in [0.717, 1.165) is 0 Å². The Hall–Kier alpha value is -2.78. The summed E-state index contributed by atoms with van der Waals surface area (Å²) in [4.78, 5) is 61.4. The van der Waals surface area contributed by atoms with Crippen LogP contribution in [0.25, 0.3) is 0 Å². The first-order chi connectivity index (χ1) is 10.1. The smallest absolute Gasteiger partial charge is 0.372 e. The van der Waals surface area contributed by atoms with E-state index in [9.17, 15) is 28.8 Å². The Balaban J connectivity index is 0.000000220. The highest BCUT2D eigenvalue weighted by Gasteiger charge is 2.51. The van der Waals surface area contributed by atoms with Crippen molar-refractivity contribution < 1.29 is 49.2 Å². The molecule has 0 heterocycles. The van der Waals surface area contributed by atoms with Gasteiger partial charge in [-0.15, -0.1) is 0 Å². The van der Waals surface area contributed by atoms with Crippen LogP contribution in [0.1, 0.15) is 12.8 Å². The van der Waals surface area contributed by atoms with Crippen LogP contribution in [0.15, 0.2) is 0 Å². The lowest BCUT2D eigenvalue weighted by molar-refractivity contribution is -0.150. The third kappa shape index (κ3) is 4.11. The van der Waals surface area contributed by atoms with Crippen molar-refractivity contribution in [3.8, 4) is 0 Å². The van der Waals surface area contributed by atoms with Gasteiger partial charge in [-0.05, 0) is 12.8 Å². The van der Waals surface area contributed by atoms with E-state index < -0.39 is 59.1 Å². The van der Waals surface area contributed by atoms with Gasteiger partial charge in [0.25, 0.3) is 0 Å². The van der Waals surface area contributed by atoms with Gasteiger partial charge in [-0.3, -0.25) is 19.2 Å². The summed E-state index contributed by atoms with van der Waals surface area (Å²) in [5, 5.41) is 32.9. The fraction of sp³-hybridized carbons (Fsp3) is 0.500. The molecule has 2 saturated carbocycles. The Bertz CT molecular complexity index is 512. The van der Waals surface area contributed by atoms with Crippen LogP contribution in [-0.2, 0) is 28.8 Å². The number of Topliss-reactive ketones (excluding diaryl/α,β-unsaturated/α-hetero) is 2. The maximum atomic E-state index is 10.6. The van der Waals surface area contributed by atoms with E-state index >= 15 is 0 Å². The van der Waals surface area contributed by atoms with Crippen LogP contribution in [0, 0.1) is 23.7 Å². The molecule has 4 atom stereocenters. The molecule has 0 aromatic carbocycles. The third-order valence-corrected chi connectivity index (χ3v) is 3.31. The van der Waals surface area contributed by atoms with E-state index in [4.69, 9.17) is 20.4 Å². The third-order valence-electron chi connectivity index (χ3n) is 3.31.